The van der Waals surface area contributed by atoms with Crippen LogP contribution in [0.25, 0.3) is 11.1 Å². The molecule has 0 heterocycles. The zero-order chi connectivity index (χ0) is 26.5. The minimum Gasteiger partial charge on any atom is -0.311 e. The Bertz CT molecular complexity index is 1280. The van der Waals surface area contributed by atoms with E-state index in [9.17, 15) is 0 Å². The van der Waals surface area contributed by atoms with Crippen molar-refractivity contribution >= 4 is 11.4 Å². The second kappa shape index (κ2) is 11.0. The molecule has 0 atom stereocenters. The zero-order valence-corrected chi connectivity index (χ0v) is 23.1. The van der Waals surface area contributed by atoms with E-state index in [1.54, 1.807) is 6.08 Å². The smallest absolute Gasteiger partial charge is 0.0464 e. The summed E-state index contributed by atoms with van der Waals surface area (Å²) in [7, 11) is 0. The molecule has 1 aliphatic carbocycles. The molecule has 0 fully saturated rings. The van der Waals surface area contributed by atoms with E-state index in [0.717, 1.165) is 17.1 Å². The van der Waals surface area contributed by atoms with Crippen molar-refractivity contribution in [2.75, 3.05) is 4.90 Å². The van der Waals surface area contributed by atoms with Crippen molar-refractivity contribution in [2.45, 2.75) is 59.3 Å². The molecule has 0 aromatic heterocycles. The first-order chi connectivity index (χ1) is 17.1. The number of rotatable bonds is 5. The van der Waals surface area contributed by atoms with Crippen molar-refractivity contribution in [3.63, 3.8) is 0 Å². The molecule has 1 heteroatoms. The number of benzene rings is 3. The summed E-state index contributed by atoms with van der Waals surface area (Å²) in [5.74, 6) is 0. The molecule has 186 valence electrons. The molecule has 1 aliphatic rings. The van der Waals surface area contributed by atoms with Crippen LogP contribution in [0.15, 0.2) is 116 Å². The van der Waals surface area contributed by atoms with Crippen molar-refractivity contribution in [3.8, 4) is 11.1 Å². The lowest BCUT2D eigenvalue weighted by Gasteiger charge is -2.29. The summed E-state index contributed by atoms with van der Waals surface area (Å²) in [6.45, 7) is 23.0. The molecule has 3 aromatic carbocycles. The molecule has 0 saturated carbocycles. The second-order valence-electron chi connectivity index (χ2n) is 10.7. The monoisotopic (exact) mass is 475 g/mol. The fourth-order valence-electron chi connectivity index (χ4n) is 4.86. The number of anilines is 2. The Morgan fingerprint density at radius 1 is 0.806 bits per heavy atom. The van der Waals surface area contributed by atoms with Crippen molar-refractivity contribution < 1.29 is 0 Å². The number of fused-ring (bicyclic) bond motifs is 3. The fourth-order valence-corrected chi connectivity index (χ4v) is 4.86. The highest BCUT2D eigenvalue weighted by molar-refractivity contribution is 5.84. The van der Waals surface area contributed by atoms with Gasteiger partial charge in [-0.05, 0) is 77.4 Å². The van der Waals surface area contributed by atoms with Crippen molar-refractivity contribution in [3.05, 3.63) is 133 Å². The topological polar surface area (TPSA) is 3.24 Å². The summed E-state index contributed by atoms with van der Waals surface area (Å²) in [4.78, 5) is 2.30. The van der Waals surface area contributed by atoms with Gasteiger partial charge in [-0.1, -0.05) is 115 Å². The molecule has 36 heavy (non-hydrogen) atoms. The molecule has 0 radical (unpaired) electrons. The molecule has 0 N–H and O–H groups in total. The van der Waals surface area contributed by atoms with E-state index in [1.807, 2.05) is 25.2 Å². The summed E-state index contributed by atoms with van der Waals surface area (Å²) >= 11 is 0. The molecule has 0 spiro atoms. The summed E-state index contributed by atoms with van der Waals surface area (Å²) in [5, 5.41) is 0. The van der Waals surface area contributed by atoms with E-state index in [0.29, 0.717) is 0 Å². The Kier molecular flexibility index (Phi) is 8.25. The average molecular weight is 476 g/mol. The molecule has 4 rings (SSSR count). The largest absolute Gasteiger partial charge is 0.311 e. The third-order valence-electron chi connectivity index (χ3n) is 6.91. The summed E-state index contributed by atoms with van der Waals surface area (Å²) in [5.41, 5.74) is 10.3. The summed E-state index contributed by atoms with van der Waals surface area (Å²) in [6, 6.07) is 24.6. The second-order valence-corrected chi connectivity index (χ2v) is 10.7. The normalized spacial score (nSPS) is 13.9. The Balaban J connectivity index is 0.000000658. The molecule has 0 aliphatic heterocycles. The van der Waals surface area contributed by atoms with Crippen LogP contribution in [0.1, 0.15) is 65.2 Å². The molecule has 1 nitrogen and oxygen atoms in total. The molecule has 0 saturated heterocycles. The number of nitrogens with zero attached hydrogens (tertiary/aromatic N) is 1. The maximum atomic E-state index is 4.08. The van der Waals surface area contributed by atoms with Gasteiger partial charge in [0, 0.05) is 22.5 Å². The first kappa shape index (κ1) is 27.0. The van der Waals surface area contributed by atoms with E-state index < -0.39 is 0 Å². The lowest BCUT2D eigenvalue weighted by molar-refractivity contribution is 0.590. The third kappa shape index (κ3) is 5.31. The highest BCUT2D eigenvalue weighted by Crippen LogP contribution is 2.50. The molecular formula is C35H41N. The highest BCUT2D eigenvalue weighted by atomic mass is 15.1. The Hall–Kier alpha value is -3.58. The van der Waals surface area contributed by atoms with Gasteiger partial charge in [0.15, 0.2) is 0 Å². The van der Waals surface area contributed by atoms with Crippen LogP contribution >= 0.6 is 0 Å². The Labute approximate surface area is 219 Å². The minimum absolute atomic E-state index is 0.0199. The van der Waals surface area contributed by atoms with Crippen LogP contribution < -0.4 is 4.90 Å². The fraction of sp³-hybridized carbons (Fsp3) is 0.257. The molecule has 0 amide bonds. The number of hydrogen-bond donors (Lipinski definition) is 0. The first-order valence-electron chi connectivity index (χ1n) is 12.8. The van der Waals surface area contributed by atoms with Crippen LogP contribution in [0.2, 0.25) is 0 Å². The van der Waals surface area contributed by atoms with Gasteiger partial charge in [0.25, 0.3) is 0 Å². The SMILES string of the molecule is C=C/C(=C\C)N(c1ccc(C(C)(C)C)cc1)c1ccc2c(c1)C(C)(C)c1ccccc1-2.C=C/C=C\C. The van der Waals surface area contributed by atoms with Crippen LogP contribution in [-0.4, -0.2) is 0 Å². The third-order valence-corrected chi connectivity index (χ3v) is 6.91. The van der Waals surface area contributed by atoms with Gasteiger partial charge in [0.05, 0.1) is 0 Å². The van der Waals surface area contributed by atoms with Crippen molar-refractivity contribution in [1.82, 2.24) is 0 Å². The average Bonchev–Trinajstić information content (AvgIpc) is 3.09. The van der Waals surface area contributed by atoms with Gasteiger partial charge in [-0.25, -0.2) is 0 Å². The van der Waals surface area contributed by atoms with Gasteiger partial charge in [-0.2, -0.15) is 0 Å². The molecule has 3 aromatic rings. The van der Waals surface area contributed by atoms with Crippen LogP contribution in [0.4, 0.5) is 11.4 Å². The van der Waals surface area contributed by atoms with Gasteiger partial charge < -0.3 is 4.90 Å². The van der Waals surface area contributed by atoms with E-state index in [4.69, 9.17) is 0 Å². The quantitative estimate of drug-likeness (QED) is 0.332. The van der Waals surface area contributed by atoms with Crippen LogP contribution in [0, 0.1) is 0 Å². The maximum absolute atomic E-state index is 4.08. The van der Waals surface area contributed by atoms with Crippen molar-refractivity contribution in [2.24, 2.45) is 0 Å². The van der Waals surface area contributed by atoms with Gasteiger partial charge in [-0.3, -0.25) is 0 Å². The van der Waals surface area contributed by atoms with Crippen molar-refractivity contribution in [1.29, 1.82) is 0 Å². The van der Waals surface area contributed by atoms with E-state index in [2.05, 4.69) is 132 Å². The molecule has 0 bridgehead atoms. The van der Waals surface area contributed by atoms with Crippen LogP contribution in [-0.2, 0) is 10.8 Å². The zero-order valence-electron chi connectivity index (χ0n) is 23.1. The Morgan fingerprint density at radius 3 is 1.94 bits per heavy atom. The summed E-state index contributed by atoms with van der Waals surface area (Å²) < 4.78 is 0. The van der Waals surface area contributed by atoms with E-state index in [1.165, 1.54) is 27.8 Å². The number of hydrogen-bond acceptors (Lipinski definition) is 1. The van der Waals surface area contributed by atoms with Gasteiger partial charge in [0.1, 0.15) is 0 Å². The standard InChI is InChI=1S/C30H33N.C5H8/c1-8-22(9-2)31(23-16-14-21(15-17-23)29(3,4)5)24-18-19-26-25-12-10-11-13-27(25)30(6,7)28(26)20-24;1-3-5-4-2/h8-20H,1H2,2-7H3;3-5H,1H2,2H3/b22-9+;5-4-. The Morgan fingerprint density at radius 2 is 1.42 bits per heavy atom. The maximum Gasteiger partial charge on any atom is 0.0464 e. The lowest BCUT2D eigenvalue weighted by atomic mass is 9.82. The summed E-state index contributed by atoms with van der Waals surface area (Å²) in [6.07, 6.45) is 9.63. The van der Waals surface area contributed by atoms with E-state index >= 15 is 0 Å². The van der Waals surface area contributed by atoms with Gasteiger partial charge in [-0.15, -0.1) is 0 Å². The molecular weight excluding hydrogens is 434 g/mol. The van der Waals surface area contributed by atoms with Crippen LogP contribution in [0.3, 0.4) is 0 Å². The first-order valence-corrected chi connectivity index (χ1v) is 12.8. The lowest BCUT2D eigenvalue weighted by Crippen LogP contribution is -2.18. The molecule has 0 unspecified atom stereocenters. The predicted octanol–water partition coefficient (Wildman–Crippen LogP) is 10.3. The van der Waals surface area contributed by atoms with Crippen LogP contribution in [0.5, 0.6) is 0 Å². The van der Waals surface area contributed by atoms with E-state index in [-0.39, 0.29) is 10.8 Å². The minimum atomic E-state index is -0.0199. The predicted molar refractivity (Wildman–Crippen MR) is 160 cm³/mol. The van der Waals surface area contributed by atoms with Gasteiger partial charge in [0.2, 0.25) is 0 Å². The van der Waals surface area contributed by atoms with Gasteiger partial charge >= 0.3 is 0 Å². The highest BCUT2D eigenvalue weighted by Gasteiger charge is 2.35. The number of allylic oxidation sites excluding steroid dienone is 5.